The number of hydrogen-bond donors (Lipinski definition) is 1. The molecular weight excluding hydrogens is 312 g/mol. The molecule has 122 valence electrons. The molecule has 0 bridgehead atoms. The number of hydrogen-bond acceptors (Lipinski definition) is 3. The highest BCUT2D eigenvalue weighted by atomic mass is 32.2. The number of benzene rings is 2. The number of primary amides is 1. The smallest absolute Gasteiger partial charge is 0.248 e. The van der Waals surface area contributed by atoms with Gasteiger partial charge in [-0.3, -0.25) is 4.79 Å². The van der Waals surface area contributed by atoms with E-state index in [0.717, 1.165) is 16.7 Å². The average Bonchev–Trinajstić information content (AvgIpc) is 2.50. The summed E-state index contributed by atoms with van der Waals surface area (Å²) in [5.41, 5.74) is 8.36. The second-order valence-corrected chi connectivity index (χ2v) is 7.61. The molecule has 0 aliphatic heterocycles. The Hall–Kier alpha value is -2.18. The Morgan fingerprint density at radius 2 is 1.65 bits per heavy atom. The van der Waals surface area contributed by atoms with E-state index in [2.05, 4.69) is 0 Å². The molecule has 2 aromatic carbocycles. The molecule has 0 radical (unpaired) electrons. The molecule has 1 amide bonds. The van der Waals surface area contributed by atoms with Crippen LogP contribution in [-0.4, -0.2) is 25.7 Å². The summed E-state index contributed by atoms with van der Waals surface area (Å²) in [6.07, 6.45) is 0. The molecule has 5 nitrogen and oxygen atoms in total. The van der Waals surface area contributed by atoms with E-state index >= 15 is 0 Å². The molecule has 2 rings (SSSR count). The van der Waals surface area contributed by atoms with E-state index in [9.17, 15) is 13.2 Å². The normalized spacial score (nSPS) is 11.7. The van der Waals surface area contributed by atoms with Gasteiger partial charge in [-0.15, -0.1) is 0 Å². The Kier molecular flexibility index (Phi) is 4.87. The van der Waals surface area contributed by atoms with Crippen LogP contribution in [0.5, 0.6) is 0 Å². The Morgan fingerprint density at radius 3 is 2.17 bits per heavy atom. The number of carbonyl (C=O) groups is 1. The average molecular weight is 332 g/mol. The van der Waals surface area contributed by atoms with Crippen molar-refractivity contribution in [2.45, 2.75) is 25.3 Å². The fourth-order valence-corrected chi connectivity index (χ4v) is 3.42. The Labute approximate surface area is 136 Å². The third-order valence-corrected chi connectivity index (χ3v) is 5.63. The second-order valence-electron chi connectivity index (χ2n) is 5.57. The molecule has 0 atom stereocenters. The number of carbonyl (C=O) groups excluding carboxylic acids is 1. The van der Waals surface area contributed by atoms with Crippen LogP contribution in [0.3, 0.4) is 0 Å². The van der Waals surface area contributed by atoms with E-state index < -0.39 is 15.9 Å². The highest BCUT2D eigenvalue weighted by molar-refractivity contribution is 7.89. The van der Waals surface area contributed by atoms with Gasteiger partial charge in [0, 0.05) is 19.2 Å². The van der Waals surface area contributed by atoms with Crippen LogP contribution in [0.25, 0.3) is 0 Å². The SMILES string of the molecule is Cc1ccc(S(=O)(=O)N(C)Cc2ccc(C(N)=O)cc2)cc1C. The Morgan fingerprint density at radius 1 is 1.04 bits per heavy atom. The van der Waals surface area contributed by atoms with Crippen LogP contribution in [0, 0.1) is 13.8 Å². The lowest BCUT2D eigenvalue weighted by Gasteiger charge is -2.18. The molecule has 0 fully saturated rings. The quantitative estimate of drug-likeness (QED) is 0.911. The first-order chi connectivity index (χ1) is 10.7. The first-order valence-electron chi connectivity index (χ1n) is 7.14. The molecule has 6 heteroatoms. The van der Waals surface area contributed by atoms with Crippen LogP contribution in [0.1, 0.15) is 27.0 Å². The van der Waals surface area contributed by atoms with Crippen LogP contribution in [0.2, 0.25) is 0 Å². The zero-order valence-electron chi connectivity index (χ0n) is 13.4. The van der Waals surface area contributed by atoms with Gasteiger partial charge in [0.05, 0.1) is 4.90 Å². The predicted octanol–water partition coefficient (Wildman–Crippen LogP) is 2.22. The molecule has 0 heterocycles. The van der Waals surface area contributed by atoms with Gasteiger partial charge in [-0.2, -0.15) is 4.31 Å². The molecule has 2 aromatic rings. The van der Waals surface area contributed by atoms with Crippen LogP contribution in [0.4, 0.5) is 0 Å². The molecule has 0 aliphatic carbocycles. The van der Waals surface area contributed by atoms with Crippen molar-refractivity contribution in [3.05, 3.63) is 64.7 Å². The monoisotopic (exact) mass is 332 g/mol. The summed E-state index contributed by atoms with van der Waals surface area (Å²) in [5, 5.41) is 0. The first kappa shape index (κ1) is 17.2. The lowest BCUT2D eigenvalue weighted by atomic mass is 10.1. The highest BCUT2D eigenvalue weighted by Crippen LogP contribution is 2.20. The largest absolute Gasteiger partial charge is 0.366 e. The highest BCUT2D eigenvalue weighted by Gasteiger charge is 2.21. The molecule has 0 aromatic heterocycles. The van der Waals surface area contributed by atoms with E-state index in [1.165, 1.54) is 11.4 Å². The van der Waals surface area contributed by atoms with Gasteiger partial charge in [0.25, 0.3) is 0 Å². The van der Waals surface area contributed by atoms with Gasteiger partial charge in [0.1, 0.15) is 0 Å². The maximum absolute atomic E-state index is 12.6. The molecule has 0 unspecified atom stereocenters. The summed E-state index contributed by atoms with van der Waals surface area (Å²) in [5.74, 6) is -0.507. The second kappa shape index (κ2) is 6.52. The van der Waals surface area contributed by atoms with E-state index in [1.807, 2.05) is 13.8 Å². The molecule has 2 N–H and O–H groups in total. The van der Waals surface area contributed by atoms with Gasteiger partial charge in [-0.05, 0) is 54.8 Å². The molecule has 0 aliphatic rings. The van der Waals surface area contributed by atoms with Crippen LogP contribution >= 0.6 is 0 Å². The topological polar surface area (TPSA) is 80.5 Å². The zero-order valence-corrected chi connectivity index (χ0v) is 14.2. The van der Waals surface area contributed by atoms with Gasteiger partial charge in [-0.1, -0.05) is 18.2 Å². The Balaban J connectivity index is 2.22. The van der Waals surface area contributed by atoms with Crippen molar-refractivity contribution < 1.29 is 13.2 Å². The molecule has 0 spiro atoms. The summed E-state index contributed by atoms with van der Waals surface area (Å²) in [6.45, 7) is 4.04. The van der Waals surface area contributed by atoms with Crippen molar-refractivity contribution in [3.8, 4) is 0 Å². The van der Waals surface area contributed by atoms with Gasteiger partial charge < -0.3 is 5.73 Å². The van der Waals surface area contributed by atoms with Crippen molar-refractivity contribution in [1.29, 1.82) is 0 Å². The van der Waals surface area contributed by atoms with Gasteiger partial charge >= 0.3 is 0 Å². The van der Waals surface area contributed by atoms with Crippen LogP contribution in [-0.2, 0) is 16.6 Å². The molecule has 0 saturated heterocycles. The molecule has 23 heavy (non-hydrogen) atoms. The summed E-state index contributed by atoms with van der Waals surface area (Å²) < 4.78 is 26.5. The number of nitrogens with zero attached hydrogens (tertiary/aromatic N) is 1. The number of aryl methyl sites for hydroxylation is 2. The summed E-state index contributed by atoms with van der Waals surface area (Å²) in [6, 6.07) is 11.7. The zero-order chi connectivity index (χ0) is 17.2. The fourth-order valence-electron chi connectivity index (χ4n) is 2.17. The van der Waals surface area contributed by atoms with Crippen LogP contribution < -0.4 is 5.73 Å². The number of rotatable bonds is 5. The van der Waals surface area contributed by atoms with Crippen molar-refractivity contribution in [2.24, 2.45) is 5.73 Å². The maximum Gasteiger partial charge on any atom is 0.248 e. The molecular formula is C17H20N2O3S. The van der Waals surface area contributed by atoms with Gasteiger partial charge in [0.15, 0.2) is 0 Å². The van der Waals surface area contributed by atoms with Gasteiger partial charge in [0.2, 0.25) is 15.9 Å². The van der Waals surface area contributed by atoms with Gasteiger partial charge in [-0.25, -0.2) is 8.42 Å². The third-order valence-electron chi connectivity index (χ3n) is 3.83. The maximum atomic E-state index is 12.6. The van der Waals surface area contributed by atoms with E-state index in [0.29, 0.717) is 5.56 Å². The first-order valence-corrected chi connectivity index (χ1v) is 8.58. The minimum atomic E-state index is -3.56. The van der Waals surface area contributed by atoms with Crippen molar-refractivity contribution in [2.75, 3.05) is 7.05 Å². The third kappa shape index (κ3) is 3.78. The van der Waals surface area contributed by atoms with E-state index in [4.69, 9.17) is 5.73 Å². The van der Waals surface area contributed by atoms with Crippen molar-refractivity contribution in [3.63, 3.8) is 0 Å². The van der Waals surface area contributed by atoms with Crippen LogP contribution in [0.15, 0.2) is 47.4 Å². The summed E-state index contributed by atoms with van der Waals surface area (Å²) in [4.78, 5) is 11.3. The minimum Gasteiger partial charge on any atom is -0.366 e. The fraction of sp³-hybridized carbons (Fsp3) is 0.235. The standard InChI is InChI=1S/C17H20N2O3S/c1-12-4-9-16(10-13(12)2)23(21,22)19(3)11-14-5-7-15(8-6-14)17(18)20/h4-10H,11H2,1-3H3,(H2,18,20). The van der Waals surface area contributed by atoms with E-state index in [-0.39, 0.29) is 11.4 Å². The lowest BCUT2D eigenvalue weighted by Crippen LogP contribution is -2.26. The predicted molar refractivity (Wildman–Crippen MR) is 89.5 cm³/mol. The lowest BCUT2D eigenvalue weighted by molar-refractivity contribution is 0.1000. The minimum absolute atomic E-state index is 0.217. The summed E-state index contributed by atoms with van der Waals surface area (Å²) in [7, 11) is -2.03. The number of sulfonamides is 1. The van der Waals surface area contributed by atoms with Crippen molar-refractivity contribution >= 4 is 15.9 Å². The van der Waals surface area contributed by atoms with E-state index in [1.54, 1.807) is 42.5 Å². The molecule has 0 saturated carbocycles. The number of nitrogens with two attached hydrogens (primary N) is 1. The Bertz CT molecular complexity index is 827. The number of amides is 1. The van der Waals surface area contributed by atoms with Crippen molar-refractivity contribution in [1.82, 2.24) is 4.31 Å². The summed E-state index contributed by atoms with van der Waals surface area (Å²) >= 11 is 0.